The summed E-state index contributed by atoms with van der Waals surface area (Å²) in [5.74, 6) is 0.297. The number of ether oxygens (including phenoxy) is 3. The molecule has 0 radical (unpaired) electrons. The van der Waals surface area contributed by atoms with Crippen LogP contribution in [0, 0.1) is 10.1 Å². The lowest BCUT2D eigenvalue weighted by Crippen LogP contribution is -2.07. The number of hydrogen-bond donors (Lipinski definition) is 1. The molecule has 0 aromatic heterocycles. The predicted molar refractivity (Wildman–Crippen MR) is 132 cm³/mol. The van der Waals surface area contributed by atoms with Crippen LogP contribution in [0.15, 0.2) is 77.4 Å². The molecule has 10 nitrogen and oxygen atoms in total. The Morgan fingerprint density at radius 1 is 1.08 bits per heavy atom. The van der Waals surface area contributed by atoms with Crippen molar-refractivity contribution in [2.45, 2.75) is 13.5 Å². The Bertz CT molecular complexity index is 1380. The number of nitrogens with zero attached hydrogens (tertiary/aromatic N) is 2. The number of methoxy groups -OCH3 is 1. The van der Waals surface area contributed by atoms with E-state index in [1.807, 2.05) is 0 Å². The van der Waals surface area contributed by atoms with Crippen molar-refractivity contribution in [3.05, 3.63) is 99.2 Å². The summed E-state index contributed by atoms with van der Waals surface area (Å²) >= 11 is 0. The average Bonchev–Trinajstić information content (AvgIpc) is 3.23. The number of esters is 1. The normalized spacial score (nSPS) is 13.7. The molecule has 1 N–H and O–H groups in total. The van der Waals surface area contributed by atoms with Crippen molar-refractivity contribution in [1.82, 2.24) is 0 Å². The molecule has 182 valence electrons. The van der Waals surface area contributed by atoms with Gasteiger partial charge in [0.15, 0.2) is 17.2 Å². The van der Waals surface area contributed by atoms with Crippen LogP contribution in [0.25, 0.3) is 6.08 Å². The van der Waals surface area contributed by atoms with E-state index in [9.17, 15) is 19.7 Å². The summed E-state index contributed by atoms with van der Waals surface area (Å²) in [5.41, 5.74) is 2.75. The molecule has 36 heavy (non-hydrogen) atoms. The summed E-state index contributed by atoms with van der Waals surface area (Å²) < 4.78 is 16.5. The zero-order valence-corrected chi connectivity index (χ0v) is 19.4. The number of carbonyl (C=O) groups excluding carboxylic acids is 2. The number of nitro groups is 1. The molecule has 3 aromatic rings. The second-order valence-corrected chi connectivity index (χ2v) is 7.72. The van der Waals surface area contributed by atoms with Gasteiger partial charge in [-0.05, 0) is 65.7 Å². The van der Waals surface area contributed by atoms with Gasteiger partial charge in [0.05, 0.1) is 12.0 Å². The third-order valence-electron chi connectivity index (χ3n) is 5.11. The first-order valence-electron chi connectivity index (χ1n) is 10.8. The minimum atomic E-state index is -0.589. The second kappa shape index (κ2) is 10.5. The Kier molecular flexibility index (Phi) is 7.05. The molecule has 1 heterocycles. The first-order valence-corrected chi connectivity index (χ1v) is 10.8. The highest BCUT2D eigenvalue weighted by Crippen LogP contribution is 2.30. The molecule has 0 bridgehead atoms. The van der Waals surface area contributed by atoms with Gasteiger partial charge < -0.3 is 19.5 Å². The number of hydrogen-bond acceptors (Lipinski definition) is 8. The molecule has 10 heteroatoms. The Balaban J connectivity index is 1.48. The highest BCUT2D eigenvalue weighted by Gasteiger charge is 2.24. The molecule has 0 fully saturated rings. The van der Waals surface area contributed by atoms with E-state index in [0.717, 1.165) is 5.56 Å². The molecule has 0 spiro atoms. The van der Waals surface area contributed by atoms with Crippen LogP contribution in [-0.2, 0) is 20.9 Å². The lowest BCUT2D eigenvalue weighted by Gasteiger charge is -2.11. The molecule has 4 rings (SSSR count). The molecule has 1 aliphatic rings. The summed E-state index contributed by atoms with van der Waals surface area (Å²) in [6, 6.07) is 18.0. The quantitative estimate of drug-likeness (QED) is 0.215. The smallest absolute Gasteiger partial charge is 0.363 e. The van der Waals surface area contributed by atoms with E-state index in [1.165, 1.54) is 26.2 Å². The Labute approximate surface area is 206 Å². The summed E-state index contributed by atoms with van der Waals surface area (Å²) in [5, 5.41) is 13.5. The van der Waals surface area contributed by atoms with Crippen molar-refractivity contribution < 1.29 is 28.7 Å². The van der Waals surface area contributed by atoms with Crippen molar-refractivity contribution in [1.29, 1.82) is 0 Å². The third kappa shape index (κ3) is 5.73. The first kappa shape index (κ1) is 24.1. The number of non-ortho nitro benzene ring substituents is 1. The van der Waals surface area contributed by atoms with E-state index in [4.69, 9.17) is 14.2 Å². The predicted octanol–water partition coefficient (Wildman–Crippen LogP) is 4.49. The van der Waals surface area contributed by atoms with Crippen LogP contribution in [-0.4, -0.2) is 29.8 Å². The van der Waals surface area contributed by atoms with Gasteiger partial charge in [0.1, 0.15) is 6.61 Å². The number of nitro benzene ring substituents is 1. The molecule has 0 atom stereocenters. The molecule has 1 amide bonds. The number of aliphatic imine (C=N–C) groups is 1. The van der Waals surface area contributed by atoms with Crippen molar-refractivity contribution in [2.75, 3.05) is 12.4 Å². The highest BCUT2D eigenvalue weighted by atomic mass is 16.6. The van der Waals surface area contributed by atoms with Gasteiger partial charge in [0.2, 0.25) is 11.8 Å². The SMILES string of the molecule is COc1cc(/C=C2\N=C(c3ccc(NC(C)=O)cc3)OC2=O)ccc1OCc1ccc([N+](=O)[O-])cc1. The van der Waals surface area contributed by atoms with E-state index in [2.05, 4.69) is 10.3 Å². The fourth-order valence-electron chi connectivity index (χ4n) is 3.36. The van der Waals surface area contributed by atoms with Crippen molar-refractivity contribution in [2.24, 2.45) is 4.99 Å². The maximum Gasteiger partial charge on any atom is 0.363 e. The van der Waals surface area contributed by atoms with Crippen molar-refractivity contribution >= 4 is 35.2 Å². The number of cyclic esters (lactones) is 1. The van der Waals surface area contributed by atoms with Crippen LogP contribution in [0.5, 0.6) is 11.5 Å². The summed E-state index contributed by atoms with van der Waals surface area (Å²) in [7, 11) is 1.50. The number of carbonyl (C=O) groups is 2. The number of nitrogens with one attached hydrogen (secondary N) is 1. The minimum Gasteiger partial charge on any atom is -0.493 e. The fraction of sp³-hybridized carbons (Fsp3) is 0.115. The van der Waals surface area contributed by atoms with Crippen LogP contribution in [0.2, 0.25) is 0 Å². The monoisotopic (exact) mass is 487 g/mol. The number of anilines is 1. The molecular formula is C26H21N3O7. The third-order valence-corrected chi connectivity index (χ3v) is 5.11. The standard InChI is InChI=1S/C26H21N3O7/c1-16(30)27-20-8-6-19(7-9-20)25-28-22(26(31)36-25)13-18-5-12-23(24(14-18)34-2)35-15-17-3-10-21(11-4-17)29(32)33/h3-14H,15H2,1-2H3,(H,27,30)/b22-13-. The molecule has 0 unspecified atom stereocenters. The average molecular weight is 487 g/mol. The maximum absolute atomic E-state index is 12.4. The van der Waals surface area contributed by atoms with Gasteiger partial charge in [-0.1, -0.05) is 6.07 Å². The second-order valence-electron chi connectivity index (χ2n) is 7.72. The zero-order valence-electron chi connectivity index (χ0n) is 19.4. The van der Waals surface area contributed by atoms with Gasteiger partial charge in [-0.25, -0.2) is 9.79 Å². The minimum absolute atomic E-state index is 0.00646. The number of rotatable bonds is 8. The molecule has 1 aliphatic heterocycles. The lowest BCUT2D eigenvalue weighted by atomic mass is 10.1. The zero-order chi connectivity index (χ0) is 25.7. The topological polar surface area (TPSA) is 129 Å². The maximum atomic E-state index is 12.4. The Hall–Kier alpha value is -4.99. The van der Waals surface area contributed by atoms with Gasteiger partial charge in [-0.3, -0.25) is 14.9 Å². The van der Waals surface area contributed by atoms with E-state index in [-0.39, 0.29) is 29.8 Å². The van der Waals surface area contributed by atoms with Crippen LogP contribution >= 0.6 is 0 Å². The Morgan fingerprint density at radius 2 is 1.81 bits per heavy atom. The number of benzene rings is 3. The molecule has 0 saturated carbocycles. The van der Waals surface area contributed by atoms with E-state index < -0.39 is 10.9 Å². The Morgan fingerprint density at radius 3 is 2.44 bits per heavy atom. The van der Waals surface area contributed by atoms with Crippen LogP contribution in [0.4, 0.5) is 11.4 Å². The van der Waals surface area contributed by atoms with Gasteiger partial charge in [0.25, 0.3) is 5.69 Å². The largest absolute Gasteiger partial charge is 0.493 e. The lowest BCUT2D eigenvalue weighted by molar-refractivity contribution is -0.384. The van der Waals surface area contributed by atoms with Gasteiger partial charge in [-0.2, -0.15) is 0 Å². The summed E-state index contributed by atoms with van der Waals surface area (Å²) in [6.07, 6.45) is 1.57. The van der Waals surface area contributed by atoms with Gasteiger partial charge in [0, 0.05) is 30.3 Å². The van der Waals surface area contributed by atoms with Crippen molar-refractivity contribution in [3.8, 4) is 11.5 Å². The van der Waals surface area contributed by atoms with E-state index >= 15 is 0 Å². The summed E-state index contributed by atoms with van der Waals surface area (Å²) in [6.45, 7) is 1.61. The van der Waals surface area contributed by atoms with Crippen LogP contribution in [0.3, 0.4) is 0 Å². The van der Waals surface area contributed by atoms with Crippen LogP contribution in [0.1, 0.15) is 23.6 Å². The molecule has 0 saturated heterocycles. The highest BCUT2D eigenvalue weighted by molar-refractivity contribution is 6.13. The molecule has 0 aliphatic carbocycles. The number of amides is 1. The van der Waals surface area contributed by atoms with E-state index in [1.54, 1.807) is 60.7 Å². The molecular weight excluding hydrogens is 466 g/mol. The fourth-order valence-corrected chi connectivity index (χ4v) is 3.36. The van der Waals surface area contributed by atoms with E-state index in [0.29, 0.717) is 28.3 Å². The summed E-state index contributed by atoms with van der Waals surface area (Å²) in [4.78, 5) is 38.2. The van der Waals surface area contributed by atoms with Crippen molar-refractivity contribution in [3.63, 3.8) is 0 Å². The van der Waals surface area contributed by atoms with Gasteiger partial charge >= 0.3 is 5.97 Å². The van der Waals surface area contributed by atoms with Crippen LogP contribution < -0.4 is 14.8 Å². The first-order chi connectivity index (χ1) is 17.3. The van der Waals surface area contributed by atoms with Gasteiger partial charge in [-0.15, -0.1) is 0 Å². The molecule has 3 aromatic carbocycles.